The molecule has 3 heterocycles. The van der Waals surface area contributed by atoms with Gasteiger partial charge in [0.25, 0.3) is 5.82 Å². The van der Waals surface area contributed by atoms with E-state index in [4.69, 9.17) is 0 Å². The molecule has 0 spiro atoms. The van der Waals surface area contributed by atoms with E-state index in [1.54, 1.807) is 0 Å². The molecule has 0 radical (unpaired) electrons. The zero-order valence-electron chi connectivity index (χ0n) is 22.4. The first-order chi connectivity index (χ1) is 17.9. The van der Waals surface area contributed by atoms with Crippen molar-refractivity contribution >= 4 is 32.8 Å². The van der Waals surface area contributed by atoms with Gasteiger partial charge in [-0.1, -0.05) is 69.3 Å². The highest BCUT2D eigenvalue weighted by Crippen LogP contribution is 2.51. The standard InChI is InChI=1S/C34H34N3/c1-6-33(3)27-16-10-8-15-26(27)32-36(29-18-12-13-19-30(29)37(32)34(33,4)7-2)23-20-21-25-24-14-9-11-17-28(24)35(5)31(25)22-23/h8-22H,6-7H2,1-5H3/q+1. The van der Waals surface area contributed by atoms with Gasteiger partial charge in [-0.2, -0.15) is 4.57 Å². The minimum atomic E-state index is -0.0694. The van der Waals surface area contributed by atoms with E-state index in [0.717, 1.165) is 12.8 Å². The number of fused-ring (bicyclic) bond motifs is 8. The molecule has 6 aromatic rings. The summed E-state index contributed by atoms with van der Waals surface area (Å²) < 4.78 is 7.51. The summed E-state index contributed by atoms with van der Waals surface area (Å²) in [4.78, 5) is 0. The number of aryl methyl sites for hydroxylation is 1. The first kappa shape index (κ1) is 22.4. The molecule has 4 aromatic carbocycles. The van der Waals surface area contributed by atoms with Crippen LogP contribution in [-0.2, 0) is 18.0 Å². The average Bonchev–Trinajstić information content (AvgIpc) is 3.44. The molecule has 0 amide bonds. The van der Waals surface area contributed by atoms with E-state index in [2.05, 4.69) is 139 Å². The van der Waals surface area contributed by atoms with Crippen molar-refractivity contribution in [3.8, 4) is 17.1 Å². The number of imidazole rings is 1. The fraction of sp³-hybridized carbons (Fsp3) is 0.265. The Morgan fingerprint density at radius 2 is 1.38 bits per heavy atom. The van der Waals surface area contributed by atoms with Crippen LogP contribution in [0.5, 0.6) is 0 Å². The van der Waals surface area contributed by atoms with Gasteiger partial charge < -0.3 is 4.57 Å². The predicted molar refractivity (Wildman–Crippen MR) is 154 cm³/mol. The van der Waals surface area contributed by atoms with E-state index in [1.807, 2.05) is 0 Å². The maximum absolute atomic E-state index is 2.67. The Labute approximate surface area is 218 Å². The van der Waals surface area contributed by atoms with Gasteiger partial charge in [-0.3, -0.25) is 0 Å². The summed E-state index contributed by atoms with van der Waals surface area (Å²) in [6.07, 6.45) is 2.14. The summed E-state index contributed by atoms with van der Waals surface area (Å²) >= 11 is 0. The zero-order valence-corrected chi connectivity index (χ0v) is 22.4. The van der Waals surface area contributed by atoms with Gasteiger partial charge in [0.1, 0.15) is 11.2 Å². The van der Waals surface area contributed by atoms with Crippen molar-refractivity contribution in [2.75, 3.05) is 0 Å². The van der Waals surface area contributed by atoms with E-state index in [1.165, 1.54) is 55.5 Å². The van der Waals surface area contributed by atoms with Crippen LogP contribution in [0.4, 0.5) is 0 Å². The smallest absolute Gasteiger partial charge is 0.295 e. The van der Waals surface area contributed by atoms with Crippen molar-refractivity contribution in [1.29, 1.82) is 0 Å². The minimum absolute atomic E-state index is 0.0186. The zero-order chi connectivity index (χ0) is 25.5. The average molecular weight is 485 g/mol. The maximum Gasteiger partial charge on any atom is 0.295 e. The van der Waals surface area contributed by atoms with Crippen LogP contribution in [0.3, 0.4) is 0 Å². The Hall–Kier alpha value is -3.85. The van der Waals surface area contributed by atoms with Crippen LogP contribution >= 0.6 is 0 Å². The van der Waals surface area contributed by atoms with Crippen LogP contribution in [0.1, 0.15) is 46.1 Å². The minimum Gasteiger partial charge on any atom is -0.343 e. The van der Waals surface area contributed by atoms with Gasteiger partial charge in [0.2, 0.25) is 0 Å². The van der Waals surface area contributed by atoms with Gasteiger partial charge in [-0.05, 0) is 61.7 Å². The van der Waals surface area contributed by atoms with Crippen LogP contribution in [0.2, 0.25) is 0 Å². The summed E-state index contributed by atoms with van der Waals surface area (Å²) in [6.45, 7) is 9.65. The van der Waals surface area contributed by atoms with Crippen LogP contribution in [-0.4, -0.2) is 9.13 Å². The lowest BCUT2D eigenvalue weighted by Crippen LogP contribution is -2.67. The molecule has 1 aliphatic heterocycles. The fourth-order valence-corrected chi connectivity index (χ4v) is 7.28. The monoisotopic (exact) mass is 484 g/mol. The maximum atomic E-state index is 2.67. The third kappa shape index (κ3) is 2.64. The molecule has 7 rings (SSSR count). The molecule has 0 N–H and O–H groups in total. The van der Waals surface area contributed by atoms with Crippen molar-refractivity contribution in [2.24, 2.45) is 7.05 Å². The molecule has 0 aliphatic carbocycles. The van der Waals surface area contributed by atoms with Crippen molar-refractivity contribution in [1.82, 2.24) is 9.13 Å². The molecule has 2 unspecified atom stereocenters. The third-order valence-corrected chi connectivity index (χ3v) is 9.78. The molecule has 2 atom stereocenters. The molecule has 3 heteroatoms. The molecule has 3 nitrogen and oxygen atoms in total. The third-order valence-electron chi connectivity index (χ3n) is 9.78. The second kappa shape index (κ2) is 7.58. The Morgan fingerprint density at radius 1 is 0.703 bits per heavy atom. The highest BCUT2D eigenvalue weighted by atomic mass is 15.2. The number of hydrogen-bond acceptors (Lipinski definition) is 0. The largest absolute Gasteiger partial charge is 0.343 e. The second-order valence-electron chi connectivity index (χ2n) is 11.1. The normalized spacial score (nSPS) is 21.0. The number of nitrogens with zero attached hydrogens (tertiary/aromatic N) is 3. The molecule has 1 aliphatic rings. The summed E-state index contributed by atoms with van der Waals surface area (Å²) in [5.41, 5.74) is 9.03. The van der Waals surface area contributed by atoms with E-state index >= 15 is 0 Å². The number of rotatable bonds is 3. The van der Waals surface area contributed by atoms with Crippen LogP contribution in [0, 0.1) is 0 Å². The van der Waals surface area contributed by atoms with Crippen molar-refractivity contribution in [2.45, 2.75) is 51.5 Å². The Balaban J connectivity index is 1.64. The number of hydrogen-bond donors (Lipinski definition) is 0. The first-order valence-electron chi connectivity index (χ1n) is 13.6. The van der Waals surface area contributed by atoms with Gasteiger partial charge in [-0.15, -0.1) is 0 Å². The molecule has 0 bridgehead atoms. The van der Waals surface area contributed by atoms with Gasteiger partial charge in [0.15, 0.2) is 11.0 Å². The SMILES string of the molecule is CCC1(C)c2ccccc2-c2n(-c3ccc4c5ccccc5n(C)c4c3)c3ccccc3[n+]2C1(C)CC. The second-order valence-corrected chi connectivity index (χ2v) is 11.1. The van der Waals surface area contributed by atoms with Gasteiger partial charge in [0.05, 0.1) is 11.1 Å². The quantitative estimate of drug-likeness (QED) is 0.226. The number of para-hydroxylation sites is 3. The van der Waals surface area contributed by atoms with E-state index in [-0.39, 0.29) is 11.0 Å². The molecule has 37 heavy (non-hydrogen) atoms. The van der Waals surface area contributed by atoms with E-state index in [0.29, 0.717) is 0 Å². The van der Waals surface area contributed by atoms with Gasteiger partial charge in [-0.25, -0.2) is 4.57 Å². The van der Waals surface area contributed by atoms with Crippen molar-refractivity contribution in [3.05, 3.63) is 96.6 Å². The number of benzene rings is 4. The van der Waals surface area contributed by atoms with Gasteiger partial charge >= 0.3 is 0 Å². The van der Waals surface area contributed by atoms with Gasteiger partial charge in [0, 0.05) is 34.8 Å². The van der Waals surface area contributed by atoms with Crippen LogP contribution < -0.4 is 4.57 Å². The molecule has 2 aromatic heterocycles. The number of aromatic nitrogens is 3. The summed E-state index contributed by atoms with van der Waals surface area (Å²) in [5.74, 6) is 1.28. The summed E-state index contributed by atoms with van der Waals surface area (Å²) in [6, 6.07) is 33.8. The van der Waals surface area contributed by atoms with Crippen molar-refractivity contribution in [3.63, 3.8) is 0 Å². The predicted octanol–water partition coefficient (Wildman–Crippen LogP) is 8.04. The first-order valence-corrected chi connectivity index (χ1v) is 13.6. The van der Waals surface area contributed by atoms with Crippen LogP contribution in [0.25, 0.3) is 49.9 Å². The highest BCUT2D eigenvalue weighted by molar-refractivity contribution is 6.08. The lowest BCUT2D eigenvalue weighted by Gasteiger charge is -2.47. The van der Waals surface area contributed by atoms with E-state index < -0.39 is 0 Å². The topological polar surface area (TPSA) is 13.7 Å². The molecule has 184 valence electrons. The van der Waals surface area contributed by atoms with Crippen LogP contribution in [0.15, 0.2) is 91.0 Å². The Morgan fingerprint density at radius 3 is 2.16 bits per heavy atom. The summed E-state index contributed by atoms with van der Waals surface area (Å²) in [5, 5.41) is 2.61. The van der Waals surface area contributed by atoms with E-state index in [9.17, 15) is 0 Å². The lowest BCUT2D eigenvalue weighted by atomic mass is 9.61. The lowest BCUT2D eigenvalue weighted by molar-refractivity contribution is -0.743. The fourth-order valence-electron chi connectivity index (χ4n) is 7.28. The summed E-state index contributed by atoms with van der Waals surface area (Å²) in [7, 11) is 2.18. The molecule has 0 saturated heterocycles. The molecule has 0 saturated carbocycles. The molecule has 0 fully saturated rings. The molecular weight excluding hydrogens is 450 g/mol. The Bertz CT molecular complexity index is 1850. The van der Waals surface area contributed by atoms with Crippen molar-refractivity contribution < 1.29 is 4.57 Å². The Kier molecular flexibility index (Phi) is 4.58. The molecular formula is C34H34N3+. The highest BCUT2D eigenvalue weighted by Gasteiger charge is 2.56.